The molecule has 0 atom stereocenters. The Morgan fingerprint density at radius 2 is 1.79 bits per heavy atom. The van der Waals surface area contributed by atoms with E-state index in [9.17, 15) is 13.5 Å². The summed E-state index contributed by atoms with van der Waals surface area (Å²) in [5, 5.41) is 10.2. The van der Waals surface area contributed by atoms with Crippen LogP contribution in [0.2, 0.25) is 10.0 Å². The van der Waals surface area contributed by atoms with Crippen LogP contribution in [0.25, 0.3) is 0 Å². The molecule has 0 aromatic heterocycles. The van der Waals surface area contributed by atoms with E-state index in [0.717, 1.165) is 12.8 Å². The number of hydrogen-bond donors (Lipinski definition) is 3. The van der Waals surface area contributed by atoms with Crippen LogP contribution < -0.4 is 15.2 Å². The SMILES string of the molecule is Nc1cc(Cl)c(Oc2ccc(O)c(S(=O)(=O)NC3CC3)c2)c(Cl)c1. The molecular formula is C15H14Cl2N2O4S. The van der Waals surface area contributed by atoms with Crippen LogP contribution >= 0.6 is 23.2 Å². The minimum Gasteiger partial charge on any atom is -0.507 e. The van der Waals surface area contributed by atoms with Gasteiger partial charge in [-0.1, -0.05) is 23.2 Å². The molecule has 1 saturated carbocycles. The van der Waals surface area contributed by atoms with Crippen LogP contribution in [0.15, 0.2) is 35.2 Å². The molecule has 3 rings (SSSR count). The summed E-state index contributed by atoms with van der Waals surface area (Å²) in [6, 6.07) is 6.71. The van der Waals surface area contributed by atoms with Gasteiger partial charge < -0.3 is 15.6 Å². The van der Waals surface area contributed by atoms with Gasteiger partial charge in [0.1, 0.15) is 16.4 Å². The molecule has 0 saturated heterocycles. The highest BCUT2D eigenvalue weighted by atomic mass is 35.5. The molecule has 0 bridgehead atoms. The number of phenols is 1. The van der Waals surface area contributed by atoms with Gasteiger partial charge in [-0.3, -0.25) is 0 Å². The monoisotopic (exact) mass is 388 g/mol. The number of benzene rings is 2. The van der Waals surface area contributed by atoms with Gasteiger partial charge in [-0.05, 0) is 37.1 Å². The Bertz CT molecular complexity index is 875. The normalized spacial score (nSPS) is 14.6. The van der Waals surface area contributed by atoms with E-state index >= 15 is 0 Å². The summed E-state index contributed by atoms with van der Waals surface area (Å²) in [5.74, 6) is -0.0562. The van der Waals surface area contributed by atoms with Crippen molar-refractivity contribution in [3.8, 4) is 17.2 Å². The Hall–Kier alpha value is -1.67. The van der Waals surface area contributed by atoms with Gasteiger partial charge >= 0.3 is 0 Å². The van der Waals surface area contributed by atoms with E-state index in [4.69, 9.17) is 33.7 Å². The summed E-state index contributed by atoms with van der Waals surface area (Å²) < 4.78 is 32.7. The van der Waals surface area contributed by atoms with Crippen molar-refractivity contribution < 1.29 is 18.3 Å². The Morgan fingerprint density at radius 3 is 2.38 bits per heavy atom. The molecule has 0 amide bonds. The predicted octanol–water partition coefficient (Wildman–Crippen LogP) is 3.51. The van der Waals surface area contributed by atoms with Crippen molar-refractivity contribution in [2.45, 2.75) is 23.8 Å². The van der Waals surface area contributed by atoms with Crippen molar-refractivity contribution in [3.05, 3.63) is 40.4 Å². The summed E-state index contributed by atoms with van der Waals surface area (Å²) >= 11 is 12.1. The van der Waals surface area contributed by atoms with Crippen LogP contribution in [0.1, 0.15) is 12.8 Å². The third-order valence-electron chi connectivity index (χ3n) is 3.36. The van der Waals surface area contributed by atoms with Gasteiger partial charge in [0.05, 0.1) is 10.0 Å². The number of halogens is 2. The van der Waals surface area contributed by atoms with E-state index in [1.807, 2.05) is 0 Å². The van der Waals surface area contributed by atoms with Crippen molar-refractivity contribution in [1.29, 1.82) is 0 Å². The van der Waals surface area contributed by atoms with Crippen molar-refractivity contribution in [3.63, 3.8) is 0 Å². The summed E-state index contributed by atoms with van der Waals surface area (Å²) in [6.45, 7) is 0. The van der Waals surface area contributed by atoms with Crippen LogP contribution in [-0.4, -0.2) is 19.6 Å². The molecule has 2 aromatic rings. The molecule has 1 aliphatic carbocycles. The van der Waals surface area contributed by atoms with E-state index in [1.165, 1.54) is 30.3 Å². The van der Waals surface area contributed by atoms with E-state index in [2.05, 4.69) is 4.72 Å². The second kappa shape index (κ2) is 6.33. The third kappa shape index (κ3) is 3.70. The molecule has 2 aromatic carbocycles. The molecule has 1 aliphatic rings. The number of ether oxygens (including phenoxy) is 1. The van der Waals surface area contributed by atoms with E-state index < -0.39 is 10.0 Å². The largest absolute Gasteiger partial charge is 0.507 e. The maximum absolute atomic E-state index is 12.3. The minimum atomic E-state index is -3.84. The summed E-state index contributed by atoms with van der Waals surface area (Å²) in [5.41, 5.74) is 6.00. The highest BCUT2D eigenvalue weighted by Crippen LogP contribution is 2.39. The molecule has 6 nitrogen and oxygen atoms in total. The number of hydrogen-bond acceptors (Lipinski definition) is 5. The van der Waals surface area contributed by atoms with E-state index in [0.29, 0.717) is 5.69 Å². The molecule has 0 unspecified atom stereocenters. The first-order chi connectivity index (χ1) is 11.3. The smallest absolute Gasteiger partial charge is 0.244 e. The van der Waals surface area contributed by atoms with E-state index in [-0.39, 0.29) is 38.2 Å². The molecule has 24 heavy (non-hydrogen) atoms. The maximum Gasteiger partial charge on any atom is 0.244 e. The number of rotatable bonds is 5. The third-order valence-corrected chi connectivity index (χ3v) is 5.47. The lowest BCUT2D eigenvalue weighted by Gasteiger charge is -2.13. The van der Waals surface area contributed by atoms with E-state index in [1.54, 1.807) is 0 Å². The fourth-order valence-corrected chi connectivity index (χ4v) is 4.05. The van der Waals surface area contributed by atoms with Gasteiger partial charge in [0.25, 0.3) is 0 Å². The molecule has 0 radical (unpaired) electrons. The minimum absolute atomic E-state index is 0.0834. The standard InChI is InChI=1S/C15H14Cl2N2O4S/c16-11-5-8(18)6-12(17)15(11)23-10-3-4-13(20)14(7-10)24(21,22)19-9-1-2-9/h3-7,9,19-20H,1-2,18H2. The average Bonchev–Trinajstić information content (AvgIpc) is 3.27. The lowest BCUT2D eigenvalue weighted by Crippen LogP contribution is -2.25. The lowest BCUT2D eigenvalue weighted by atomic mass is 10.3. The quantitative estimate of drug-likeness (QED) is 0.680. The lowest BCUT2D eigenvalue weighted by molar-refractivity contribution is 0.448. The average molecular weight is 389 g/mol. The fourth-order valence-electron chi connectivity index (χ4n) is 2.05. The fraction of sp³-hybridized carbons (Fsp3) is 0.200. The number of anilines is 1. The molecule has 9 heteroatoms. The van der Waals surface area contributed by atoms with Gasteiger partial charge in [0.2, 0.25) is 10.0 Å². The summed E-state index contributed by atoms with van der Waals surface area (Å²) in [6.07, 6.45) is 1.57. The van der Waals surface area contributed by atoms with Crippen molar-refractivity contribution in [2.24, 2.45) is 0 Å². The zero-order valence-corrected chi connectivity index (χ0v) is 14.6. The second-order valence-corrected chi connectivity index (χ2v) is 7.94. The molecular weight excluding hydrogens is 375 g/mol. The van der Waals surface area contributed by atoms with Crippen molar-refractivity contribution in [1.82, 2.24) is 4.72 Å². The first kappa shape index (κ1) is 17.2. The number of sulfonamides is 1. The van der Waals surface area contributed by atoms with Crippen molar-refractivity contribution >= 4 is 38.9 Å². The Kier molecular flexibility index (Phi) is 4.52. The molecule has 128 valence electrons. The van der Waals surface area contributed by atoms with Gasteiger partial charge in [-0.2, -0.15) is 0 Å². The molecule has 0 aliphatic heterocycles. The maximum atomic E-state index is 12.3. The van der Waals surface area contributed by atoms with Gasteiger partial charge in [-0.15, -0.1) is 0 Å². The molecule has 1 fully saturated rings. The number of aromatic hydroxyl groups is 1. The topological polar surface area (TPSA) is 102 Å². The Morgan fingerprint density at radius 1 is 1.17 bits per heavy atom. The summed E-state index contributed by atoms with van der Waals surface area (Å²) in [4.78, 5) is -0.269. The first-order valence-corrected chi connectivity index (χ1v) is 9.28. The highest BCUT2D eigenvalue weighted by Gasteiger charge is 2.30. The molecule has 0 heterocycles. The van der Waals surface area contributed by atoms with Crippen LogP contribution in [-0.2, 0) is 10.0 Å². The van der Waals surface area contributed by atoms with Gasteiger partial charge in [0.15, 0.2) is 5.75 Å². The first-order valence-electron chi connectivity index (χ1n) is 7.04. The molecule has 4 N–H and O–H groups in total. The Balaban J connectivity index is 1.94. The van der Waals surface area contributed by atoms with Crippen LogP contribution in [0, 0.1) is 0 Å². The Labute approximate surface area is 149 Å². The number of nitrogens with two attached hydrogens (primary N) is 1. The van der Waals surface area contributed by atoms with Gasteiger partial charge in [-0.25, -0.2) is 13.1 Å². The number of phenolic OH excluding ortho intramolecular Hbond substituents is 1. The number of nitrogens with one attached hydrogen (secondary N) is 1. The molecule has 0 spiro atoms. The number of nitrogen functional groups attached to an aromatic ring is 1. The van der Waals surface area contributed by atoms with Gasteiger partial charge in [0, 0.05) is 17.8 Å². The zero-order chi connectivity index (χ0) is 17.5. The predicted molar refractivity (Wildman–Crippen MR) is 92.4 cm³/mol. The second-order valence-electron chi connectivity index (χ2n) is 5.44. The zero-order valence-electron chi connectivity index (χ0n) is 12.3. The van der Waals surface area contributed by atoms with Crippen LogP contribution in [0.5, 0.6) is 17.2 Å². The highest BCUT2D eigenvalue weighted by molar-refractivity contribution is 7.89. The van der Waals surface area contributed by atoms with Crippen molar-refractivity contribution in [2.75, 3.05) is 5.73 Å². The van der Waals surface area contributed by atoms with Crippen LogP contribution in [0.3, 0.4) is 0 Å². The summed E-state index contributed by atoms with van der Waals surface area (Å²) in [7, 11) is -3.84. The van der Waals surface area contributed by atoms with Crippen LogP contribution in [0.4, 0.5) is 5.69 Å².